The number of esters is 1. The molecule has 0 N–H and O–H groups in total. The Hall–Kier alpha value is -3.28. The molecule has 0 aromatic heterocycles. The van der Waals surface area contributed by atoms with E-state index in [0.29, 0.717) is 0 Å². The largest absolute Gasteiger partial charge is 0.439 e. The van der Waals surface area contributed by atoms with Gasteiger partial charge in [0.1, 0.15) is 5.75 Å². The smallest absolute Gasteiger partial charge is 0.316 e. The summed E-state index contributed by atoms with van der Waals surface area (Å²) in [6, 6.07) is 11.1. The van der Waals surface area contributed by atoms with Crippen LogP contribution in [0.15, 0.2) is 42.5 Å². The Bertz CT molecular complexity index is 1010. The van der Waals surface area contributed by atoms with Gasteiger partial charge in [-0.05, 0) is 44.4 Å². The lowest BCUT2D eigenvalue weighted by atomic mass is 9.86. The molecule has 0 fully saturated rings. The van der Waals surface area contributed by atoms with Crippen LogP contribution in [0.4, 0.5) is 0 Å². The summed E-state index contributed by atoms with van der Waals surface area (Å²) in [5, 5.41) is 0. The van der Waals surface area contributed by atoms with Crippen LogP contribution in [0.3, 0.4) is 0 Å². The van der Waals surface area contributed by atoms with E-state index in [0.717, 1.165) is 5.56 Å². The second-order valence-electron chi connectivity index (χ2n) is 8.65. The predicted octanol–water partition coefficient (Wildman–Crippen LogP) is 4.21. The monoisotopic (exact) mass is 408 g/mol. The maximum absolute atomic E-state index is 13.3. The van der Waals surface area contributed by atoms with Crippen LogP contribution in [0.1, 0.15) is 72.4 Å². The molecule has 3 rings (SSSR count). The van der Waals surface area contributed by atoms with E-state index in [4.69, 9.17) is 9.47 Å². The third-order valence-electron chi connectivity index (χ3n) is 5.15. The molecule has 0 atom stereocenters. The van der Waals surface area contributed by atoms with Gasteiger partial charge in [-0.2, -0.15) is 0 Å². The molecule has 30 heavy (non-hydrogen) atoms. The molecule has 0 aliphatic heterocycles. The first kappa shape index (κ1) is 21.4. The van der Waals surface area contributed by atoms with E-state index in [1.807, 2.05) is 13.8 Å². The first-order valence-corrected chi connectivity index (χ1v) is 9.70. The van der Waals surface area contributed by atoms with Gasteiger partial charge in [0.05, 0.1) is 11.0 Å². The fourth-order valence-electron chi connectivity index (χ4n) is 3.38. The molecule has 0 amide bonds. The third kappa shape index (κ3) is 3.32. The molecule has 0 heterocycles. The molecule has 0 saturated carbocycles. The van der Waals surface area contributed by atoms with Crippen LogP contribution < -0.4 is 4.74 Å². The zero-order valence-electron chi connectivity index (χ0n) is 17.6. The maximum Gasteiger partial charge on any atom is 0.316 e. The Morgan fingerprint density at radius 3 is 2.03 bits per heavy atom. The van der Waals surface area contributed by atoms with Gasteiger partial charge in [0.2, 0.25) is 11.6 Å². The molecular weight excluding hydrogens is 384 g/mol. The number of benzene rings is 2. The van der Waals surface area contributed by atoms with Crippen LogP contribution >= 0.6 is 0 Å². The van der Waals surface area contributed by atoms with Crippen molar-refractivity contribution in [3.8, 4) is 5.75 Å². The number of hydrogen-bond donors (Lipinski definition) is 0. The Labute approximate surface area is 175 Å². The average Bonchev–Trinajstić information content (AvgIpc) is 2.90. The third-order valence-corrected chi connectivity index (χ3v) is 5.15. The summed E-state index contributed by atoms with van der Waals surface area (Å²) in [5.41, 5.74) is -1.86. The summed E-state index contributed by atoms with van der Waals surface area (Å²) in [6.45, 7) is 9.09. The number of fused-ring (bicyclic) bond motifs is 1. The molecule has 2 aromatic rings. The molecule has 2 aromatic carbocycles. The van der Waals surface area contributed by atoms with E-state index in [1.165, 1.54) is 18.2 Å². The number of ketones is 2. The van der Waals surface area contributed by atoms with Crippen LogP contribution in [0.2, 0.25) is 0 Å². The lowest BCUT2D eigenvalue weighted by Gasteiger charge is -2.27. The molecule has 0 spiro atoms. The van der Waals surface area contributed by atoms with E-state index < -0.39 is 28.6 Å². The summed E-state index contributed by atoms with van der Waals surface area (Å²) in [7, 11) is 0. The first-order chi connectivity index (χ1) is 14.0. The van der Waals surface area contributed by atoms with Gasteiger partial charge in [0, 0.05) is 11.1 Å². The van der Waals surface area contributed by atoms with Crippen molar-refractivity contribution in [2.45, 2.75) is 46.1 Å². The molecule has 1 aliphatic carbocycles. The zero-order valence-corrected chi connectivity index (χ0v) is 17.6. The second kappa shape index (κ2) is 7.52. The van der Waals surface area contributed by atoms with Gasteiger partial charge in [-0.15, -0.1) is 0 Å². The Morgan fingerprint density at radius 1 is 1.00 bits per heavy atom. The van der Waals surface area contributed by atoms with E-state index in [1.54, 1.807) is 45.0 Å². The highest BCUT2D eigenvalue weighted by Gasteiger charge is 2.58. The SMILES string of the molecule is CC(C)c1ccc(C2(OC=O)C(=O)c3ccccc3C2=O)c(OC(=O)C(C)(C)C)c1. The van der Waals surface area contributed by atoms with Crippen LogP contribution in [-0.4, -0.2) is 24.0 Å². The quantitative estimate of drug-likeness (QED) is 0.319. The molecule has 1 aliphatic rings. The van der Waals surface area contributed by atoms with Gasteiger partial charge < -0.3 is 9.47 Å². The minimum atomic E-state index is -2.23. The normalized spacial score (nSPS) is 15.1. The molecule has 0 unspecified atom stereocenters. The van der Waals surface area contributed by atoms with Gasteiger partial charge in [-0.3, -0.25) is 19.2 Å². The molecule has 156 valence electrons. The zero-order chi connectivity index (χ0) is 22.3. The number of Topliss-reactive ketones (excluding diaryl/α,β-unsaturated/α-hetero) is 2. The Morgan fingerprint density at radius 2 is 1.57 bits per heavy atom. The van der Waals surface area contributed by atoms with Crippen molar-refractivity contribution in [3.63, 3.8) is 0 Å². The number of ether oxygens (including phenoxy) is 2. The first-order valence-electron chi connectivity index (χ1n) is 9.70. The lowest BCUT2D eigenvalue weighted by Crippen LogP contribution is -2.42. The van der Waals surface area contributed by atoms with E-state index in [-0.39, 0.29) is 34.8 Å². The number of rotatable bonds is 5. The van der Waals surface area contributed by atoms with Crippen molar-refractivity contribution in [2.75, 3.05) is 0 Å². The van der Waals surface area contributed by atoms with Crippen molar-refractivity contribution < 1.29 is 28.7 Å². The number of hydrogen-bond acceptors (Lipinski definition) is 6. The van der Waals surface area contributed by atoms with Crippen LogP contribution in [-0.2, 0) is 19.9 Å². The highest BCUT2D eigenvalue weighted by atomic mass is 16.6. The second-order valence-corrected chi connectivity index (χ2v) is 8.65. The number of carbonyl (C=O) groups excluding carboxylic acids is 4. The number of carbonyl (C=O) groups is 4. The van der Waals surface area contributed by atoms with E-state index in [9.17, 15) is 19.2 Å². The van der Waals surface area contributed by atoms with Crippen molar-refractivity contribution in [3.05, 3.63) is 64.7 Å². The predicted molar refractivity (Wildman–Crippen MR) is 110 cm³/mol. The van der Waals surface area contributed by atoms with Gasteiger partial charge in [-0.1, -0.05) is 44.2 Å². The highest BCUT2D eigenvalue weighted by Crippen LogP contribution is 2.45. The van der Waals surface area contributed by atoms with Gasteiger partial charge in [-0.25, -0.2) is 0 Å². The molecule has 6 nitrogen and oxygen atoms in total. The van der Waals surface area contributed by atoms with E-state index >= 15 is 0 Å². The summed E-state index contributed by atoms with van der Waals surface area (Å²) in [5.74, 6) is -1.75. The minimum absolute atomic E-state index is 0.0254. The summed E-state index contributed by atoms with van der Waals surface area (Å²) < 4.78 is 10.9. The van der Waals surface area contributed by atoms with Crippen LogP contribution in [0.5, 0.6) is 5.75 Å². The Kier molecular flexibility index (Phi) is 5.37. The summed E-state index contributed by atoms with van der Waals surface area (Å²) in [6.07, 6.45) is 0. The molecule has 0 saturated heterocycles. The summed E-state index contributed by atoms with van der Waals surface area (Å²) >= 11 is 0. The Balaban J connectivity index is 2.26. The van der Waals surface area contributed by atoms with E-state index in [2.05, 4.69) is 0 Å². The van der Waals surface area contributed by atoms with Gasteiger partial charge >= 0.3 is 5.97 Å². The topological polar surface area (TPSA) is 86.7 Å². The fourth-order valence-corrected chi connectivity index (χ4v) is 3.38. The van der Waals surface area contributed by atoms with Crippen LogP contribution in [0.25, 0.3) is 0 Å². The van der Waals surface area contributed by atoms with Gasteiger partial charge in [0.15, 0.2) is 0 Å². The highest BCUT2D eigenvalue weighted by molar-refractivity contribution is 6.32. The minimum Gasteiger partial charge on any atom is -0.439 e. The fraction of sp³-hybridized carbons (Fsp3) is 0.333. The van der Waals surface area contributed by atoms with Crippen molar-refractivity contribution >= 4 is 24.0 Å². The van der Waals surface area contributed by atoms with Crippen molar-refractivity contribution in [1.29, 1.82) is 0 Å². The lowest BCUT2D eigenvalue weighted by molar-refractivity contribution is -0.143. The average molecular weight is 408 g/mol. The molecule has 0 bridgehead atoms. The molecule has 0 radical (unpaired) electrons. The maximum atomic E-state index is 13.3. The van der Waals surface area contributed by atoms with Crippen LogP contribution in [0, 0.1) is 5.41 Å². The van der Waals surface area contributed by atoms with Crippen molar-refractivity contribution in [1.82, 2.24) is 0 Å². The molecular formula is C24H24O6. The van der Waals surface area contributed by atoms with Gasteiger partial charge in [0.25, 0.3) is 12.1 Å². The molecule has 6 heteroatoms. The summed E-state index contributed by atoms with van der Waals surface area (Å²) in [4.78, 5) is 50.7. The van der Waals surface area contributed by atoms with Crippen molar-refractivity contribution in [2.24, 2.45) is 5.41 Å². The standard InChI is InChI=1S/C24H24O6/c1-14(2)15-10-11-18(19(12-15)30-22(28)23(3,4)5)24(29-13-25)20(26)16-8-6-7-9-17(16)21(24)27/h6-14H,1-5H3.